The van der Waals surface area contributed by atoms with E-state index in [4.69, 9.17) is 10.5 Å². The molecule has 1 amide bonds. The number of nitrogens with zero attached hydrogens (tertiary/aromatic N) is 2. The molecule has 0 aliphatic carbocycles. The molecule has 0 fully saturated rings. The largest absolute Gasteiger partial charge is 0.489 e. The van der Waals surface area contributed by atoms with Crippen LogP contribution < -0.4 is 10.5 Å². The number of aromatic nitrogens is 1. The van der Waals surface area contributed by atoms with E-state index in [0.29, 0.717) is 29.7 Å². The molecule has 5 nitrogen and oxygen atoms in total. The van der Waals surface area contributed by atoms with E-state index in [1.165, 1.54) is 18.2 Å². The lowest BCUT2D eigenvalue weighted by atomic mass is 9.95. The van der Waals surface area contributed by atoms with Crippen LogP contribution in [0, 0.1) is 11.6 Å². The minimum atomic E-state index is -0.574. The summed E-state index contributed by atoms with van der Waals surface area (Å²) in [6.45, 7) is 4.83. The first kappa shape index (κ1) is 24.0. The number of benzene rings is 2. The summed E-state index contributed by atoms with van der Waals surface area (Å²) >= 11 is 0. The number of nitrogens with two attached hydrogens (primary N) is 1. The lowest BCUT2D eigenvalue weighted by Crippen LogP contribution is -2.44. The van der Waals surface area contributed by atoms with Gasteiger partial charge in [0.1, 0.15) is 12.4 Å². The molecular formula is C24H28ClF2N3O2. The second-order valence-electron chi connectivity index (χ2n) is 7.96. The number of primary amides is 1. The molecule has 1 aliphatic heterocycles. The SMILES string of the molecule is CCN(CCCCn1ccc2cccc(F)c21)C1COc2c(F)ccc(C(N)=O)c2C1.Cl. The van der Waals surface area contributed by atoms with Crippen LogP contribution in [-0.2, 0) is 13.0 Å². The van der Waals surface area contributed by atoms with Crippen molar-refractivity contribution in [3.63, 3.8) is 0 Å². The zero-order chi connectivity index (χ0) is 22.0. The van der Waals surface area contributed by atoms with E-state index in [1.54, 1.807) is 6.07 Å². The minimum Gasteiger partial charge on any atom is -0.489 e. The smallest absolute Gasteiger partial charge is 0.249 e. The topological polar surface area (TPSA) is 60.5 Å². The summed E-state index contributed by atoms with van der Waals surface area (Å²) in [7, 11) is 0. The number of hydrogen-bond acceptors (Lipinski definition) is 3. The third kappa shape index (κ3) is 4.74. The van der Waals surface area contributed by atoms with Gasteiger partial charge in [-0.05, 0) is 56.6 Å². The minimum absolute atomic E-state index is 0. The van der Waals surface area contributed by atoms with Crippen LogP contribution in [0.5, 0.6) is 5.75 Å². The molecule has 0 spiro atoms. The number of carbonyl (C=O) groups excluding carboxylic acids is 1. The Labute approximate surface area is 192 Å². The first-order valence-electron chi connectivity index (χ1n) is 10.7. The molecule has 1 unspecified atom stereocenters. The Bertz CT molecular complexity index is 1100. The lowest BCUT2D eigenvalue weighted by Gasteiger charge is -2.35. The number of rotatable bonds is 8. The average molecular weight is 464 g/mol. The normalized spacial score (nSPS) is 15.3. The van der Waals surface area contributed by atoms with Gasteiger partial charge in [0.25, 0.3) is 0 Å². The van der Waals surface area contributed by atoms with E-state index in [0.717, 1.165) is 37.9 Å². The Hall–Kier alpha value is -2.64. The summed E-state index contributed by atoms with van der Waals surface area (Å²) in [5.41, 5.74) is 6.99. The van der Waals surface area contributed by atoms with E-state index in [1.807, 2.05) is 22.9 Å². The summed E-state index contributed by atoms with van der Waals surface area (Å²) in [6.07, 6.45) is 4.28. The van der Waals surface area contributed by atoms with Gasteiger partial charge in [-0.1, -0.05) is 19.1 Å². The van der Waals surface area contributed by atoms with Gasteiger partial charge < -0.3 is 15.0 Å². The summed E-state index contributed by atoms with van der Waals surface area (Å²) in [5.74, 6) is -1.10. The molecule has 2 heterocycles. The van der Waals surface area contributed by atoms with Crippen molar-refractivity contribution < 1.29 is 18.3 Å². The Kier molecular flexibility index (Phi) is 7.74. The van der Waals surface area contributed by atoms with Crippen molar-refractivity contribution in [3.05, 3.63) is 65.4 Å². The Balaban J connectivity index is 0.00000289. The van der Waals surface area contributed by atoms with Crippen molar-refractivity contribution in [1.29, 1.82) is 0 Å². The highest BCUT2D eigenvalue weighted by molar-refractivity contribution is 5.95. The molecule has 2 N–H and O–H groups in total. The molecule has 0 saturated heterocycles. The fourth-order valence-electron chi connectivity index (χ4n) is 4.49. The van der Waals surface area contributed by atoms with Gasteiger partial charge in [0, 0.05) is 35.3 Å². The molecule has 0 bridgehead atoms. The summed E-state index contributed by atoms with van der Waals surface area (Å²) in [5, 5.41) is 0.908. The predicted octanol–water partition coefficient (Wildman–Crippen LogP) is 4.55. The monoisotopic (exact) mass is 463 g/mol. The molecule has 2 aromatic carbocycles. The summed E-state index contributed by atoms with van der Waals surface area (Å²) in [6, 6.07) is 9.76. The molecule has 1 aliphatic rings. The van der Waals surface area contributed by atoms with Crippen molar-refractivity contribution in [1.82, 2.24) is 9.47 Å². The first-order valence-corrected chi connectivity index (χ1v) is 10.7. The van der Waals surface area contributed by atoms with Gasteiger partial charge in [-0.3, -0.25) is 9.69 Å². The fraction of sp³-hybridized carbons (Fsp3) is 0.375. The van der Waals surface area contributed by atoms with E-state index < -0.39 is 11.7 Å². The molecule has 0 saturated carbocycles. The molecule has 8 heteroatoms. The van der Waals surface area contributed by atoms with Gasteiger partial charge in [0.2, 0.25) is 5.91 Å². The van der Waals surface area contributed by atoms with E-state index in [9.17, 15) is 13.6 Å². The number of unbranched alkanes of at least 4 members (excludes halogenated alkanes) is 1. The number of carbonyl (C=O) groups is 1. The van der Waals surface area contributed by atoms with Gasteiger partial charge in [-0.25, -0.2) is 8.78 Å². The Morgan fingerprint density at radius 3 is 2.75 bits per heavy atom. The van der Waals surface area contributed by atoms with Crippen LogP contribution >= 0.6 is 12.4 Å². The molecule has 1 aromatic heterocycles. The Morgan fingerprint density at radius 1 is 1.19 bits per heavy atom. The number of hydrogen-bond donors (Lipinski definition) is 1. The van der Waals surface area contributed by atoms with E-state index in [2.05, 4.69) is 11.8 Å². The van der Waals surface area contributed by atoms with Crippen LogP contribution in [0.2, 0.25) is 0 Å². The highest BCUT2D eigenvalue weighted by atomic mass is 35.5. The number of halogens is 3. The Morgan fingerprint density at radius 2 is 2.00 bits per heavy atom. The second kappa shape index (κ2) is 10.3. The summed E-state index contributed by atoms with van der Waals surface area (Å²) < 4.78 is 35.9. The molecule has 1 atom stereocenters. The van der Waals surface area contributed by atoms with Gasteiger partial charge in [-0.15, -0.1) is 12.4 Å². The fourth-order valence-corrected chi connectivity index (χ4v) is 4.49. The zero-order valence-corrected chi connectivity index (χ0v) is 18.8. The van der Waals surface area contributed by atoms with Crippen molar-refractivity contribution in [2.24, 2.45) is 5.73 Å². The second-order valence-corrected chi connectivity index (χ2v) is 7.96. The molecule has 32 heavy (non-hydrogen) atoms. The van der Waals surface area contributed by atoms with Crippen molar-refractivity contribution in [2.45, 2.75) is 38.8 Å². The third-order valence-electron chi connectivity index (χ3n) is 6.09. The molecule has 0 radical (unpaired) electrons. The number of amides is 1. The highest BCUT2D eigenvalue weighted by Gasteiger charge is 2.29. The van der Waals surface area contributed by atoms with Crippen molar-refractivity contribution >= 4 is 29.2 Å². The number of para-hydroxylation sites is 1. The molecule has 3 aromatic rings. The number of fused-ring (bicyclic) bond motifs is 2. The molecule has 172 valence electrons. The zero-order valence-electron chi connectivity index (χ0n) is 18.0. The van der Waals surface area contributed by atoms with Crippen LogP contribution in [0.4, 0.5) is 8.78 Å². The van der Waals surface area contributed by atoms with Crippen LogP contribution in [0.1, 0.15) is 35.7 Å². The van der Waals surface area contributed by atoms with Crippen molar-refractivity contribution in [3.8, 4) is 5.75 Å². The molecular weight excluding hydrogens is 436 g/mol. The number of likely N-dealkylation sites (N-methyl/N-ethyl adjacent to an activating group) is 1. The first-order chi connectivity index (χ1) is 15.0. The molecule has 4 rings (SSSR count). The van der Waals surface area contributed by atoms with Crippen LogP contribution in [0.25, 0.3) is 10.9 Å². The maximum absolute atomic E-state index is 14.2. The quantitative estimate of drug-likeness (QED) is 0.499. The highest BCUT2D eigenvalue weighted by Crippen LogP contribution is 2.32. The van der Waals surface area contributed by atoms with Gasteiger partial charge in [0.15, 0.2) is 11.6 Å². The summed E-state index contributed by atoms with van der Waals surface area (Å²) in [4.78, 5) is 14.1. The maximum Gasteiger partial charge on any atom is 0.249 e. The maximum atomic E-state index is 14.2. The van der Waals surface area contributed by atoms with Crippen LogP contribution in [0.3, 0.4) is 0 Å². The van der Waals surface area contributed by atoms with Crippen molar-refractivity contribution in [2.75, 3.05) is 19.7 Å². The van der Waals surface area contributed by atoms with Gasteiger partial charge in [0.05, 0.1) is 5.52 Å². The van der Waals surface area contributed by atoms with Crippen LogP contribution in [0.15, 0.2) is 42.6 Å². The average Bonchev–Trinajstić information content (AvgIpc) is 3.18. The van der Waals surface area contributed by atoms with E-state index in [-0.39, 0.29) is 30.0 Å². The van der Waals surface area contributed by atoms with E-state index >= 15 is 0 Å². The standard InChI is InChI=1S/C24H27F2N3O2.ClH/c1-2-28(11-3-4-12-29-13-10-16-6-5-7-20(25)22(16)29)17-14-19-18(24(27)30)8-9-21(26)23(19)31-15-17;/h5-10,13,17H,2-4,11-12,14-15H2,1H3,(H2,27,30);1H. The lowest BCUT2D eigenvalue weighted by molar-refractivity contribution is 0.0987. The number of ether oxygens (including phenoxy) is 1. The third-order valence-corrected chi connectivity index (χ3v) is 6.09. The predicted molar refractivity (Wildman–Crippen MR) is 124 cm³/mol. The number of aryl methyl sites for hydroxylation is 1. The van der Waals surface area contributed by atoms with Gasteiger partial charge in [-0.2, -0.15) is 0 Å². The van der Waals surface area contributed by atoms with Crippen LogP contribution in [-0.4, -0.2) is 41.1 Å². The van der Waals surface area contributed by atoms with Gasteiger partial charge >= 0.3 is 0 Å².